The Labute approximate surface area is 263 Å². The largest absolute Gasteiger partial charge is 0.456 e. The number of Topliss-reactive ketones (excluding diaryl/α,β-unsaturated/α-hetero) is 1. The highest BCUT2D eigenvalue weighted by Gasteiger charge is 2.76. The van der Waals surface area contributed by atoms with Crippen molar-refractivity contribution in [2.45, 2.75) is 76.0 Å². The van der Waals surface area contributed by atoms with Gasteiger partial charge in [-0.15, -0.1) is 10.1 Å². The maximum Gasteiger partial charge on any atom is 0.325 e. The molecule has 1 aromatic carbocycles. The first kappa shape index (κ1) is 33.4. The monoisotopic (exact) mass is 644 g/mol. The molecule has 0 radical (unpaired) electrons. The van der Waals surface area contributed by atoms with Crippen molar-refractivity contribution >= 4 is 23.4 Å². The molecule has 14 heteroatoms. The van der Waals surface area contributed by atoms with Crippen LogP contribution in [0.5, 0.6) is 0 Å². The molecule has 0 aliphatic heterocycles. The molecule has 4 aliphatic rings. The van der Waals surface area contributed by atoms with E-state index in [-0.39, 0.29) is 44.5 Å². The summed E-state index contributed by atoms with van der Waals surface area (Å²) in [4.78, 5) is 65.0. The molecule has 0 unspecified atom stereocenters. The van der Waals surface area contributed by atoms with Crippen molar-refractivity contribution in [3.63, 3.8) is 0 Å². The highest BCUT2D eigenvalue weighted by molar-refractivity contribution is 5.94. The van der Waals surface area contributed by atoms with Crippen molar-refractivity contribution in [2.75, 3.05) is 13.2 Å². The number of fused-ring (bicyclic) bond motifs is 5. The van der Waals surface area contributed by atoms with Crippen molar-refractivity contribution in [1.82, 2.24) is 5.32 Å². The number of carbonyl (C=O) groups excluding carboxylic acids is 4. The number of ketones is 2. The number of hydrogen-bond donors (Lipinski definition) is 4. The third-order valence-electron chi connectivity index (χ3n) is 10.7. The van der Waals surface area contributed by atoms with E-state index in [0.29, 0.717) is 16.7 Å². The summed E-state index contributed by atoms with van der Waals surface area (Å²) in [5, 5.41) is 46.0. The van der Waals surface area contributed by atoms with Crippen LogP contribution < -0.4 is 5.32 Å². The molecular weight excluding hydrogens is 607 g/mol. The molecule has 248 valence electrons. The predicted molar refractivity (Wildman–Crippen MR) is 156 cm³/mol. The van der Waals surface area contributed by atoms with Gasteiger partial charge in [0.05, 0.1) is 18.6 Å². The van der Waals surface area contributed by atoms with Crippen molar-refractivity contribution in [1.29, 1.82) is 0 Å². The van der Waals surface area contributed by atoms with Crippen molar-refractivity contribution < 1.29 is 53.5 Å². The minimum atomic E-state index is -2.46. The van der Waals surface area contributed by atoms with Gasteiger partial charge in [0.15, 0.2) is 23.7 Å². The lowest BCUT2D eigenvalue weighted by molar-refractivity contribution is -0.763. The van der Waals surface area contributed by atoms with Crippen LogP contribution in [0.15, 0.2) is 48.1 Å². The van der Waals surface area contributed by atoms with Crippen LogP contribution in [-0.4, -0.2) is 80.5 Å². The summed E-state index contributed by atoms with van der Waals surface area (Å²) in [5.74, 6) is -4.36. The summed E-state index contributed by atoms with van der Waals surface area (Å²) in [5.41, 5.74) is -5.90. The van der Waals surface area contributed by atoms with Gasteiger partial charge in [0.2, 0.25) is 11.7 Å². The fourth-order valence-corrected chi connectivity index (χ4v) is 8.32. The lowest BCUT2D eigenvalue weighted by Crippen LogP contribution is -2.69. The zero-order valence-electron chi connectivity index (χ0n) is 25.4. The Hall–Kier alpha value is -4.01. The number of nitrogens with zero attached hydrogens (tertiary/aromatic N) is 1. The first-order chi connectivity index (χ1) is 21.6. The van der Waals surface area contributed by atoms with Crippen molar-refractivity contribution in [3.05, 3.63) is 69.3 Å². The molecule has 0 saturated heterocycles. The number of hydrogen-bond acceptors (Lipinski definition) is 11. The van der Waals surface area contributed by atoms with Crippen LogP contribution in [0.2, 0.25) is 0 Å². The van der Waals surface area contributed by atoms with Gasteiger partial charge in [-0.25, -0.2) is 4.39 Å². The number of esters is 1. The van der Waals surface area contributed by atoms with E-state index in [1.54, 1.807) is 31.2 Å². The zero-order chi connectivity index (χ0) is 33.7. The van der Waals surface area contributed by atoms with Gasteiger partial charge in [-0.3, -0.25) is 19.2 Å². The van der Waals surface area contributed by atoms with Crippen LogP contribution >= 0.6 is 0 Å². The molecule has 4 N–H and O–H groups in total. The van der Waals surface area contributed by atoms with E-state index in [1.165, 1.54) is 25.1 Å². The number of allylic oxidation sites excluding steroid dienone is 4. The van der Waals surface area contributed by atoms with Gasteiger partial charge < -0.3 is 30.2 Å². The molecule has 5 rings (SSSR count). The van der Waals surface area contributed by atoms with Crippen LogP contribution in [0.1, 0.15) is 50.7 Å². The van der Waals surface area contributed by atoms with E-state index in [9.17, 15) is 44.6 Å². The second-order valence-corrected chi connectivity index (χ2v) is 13.1. The number of alkyl halides is 1. The van der Waals surface area contributed by atoms with E-state index in [2.05, 4.69) is 10.2 Å². The summed E-state index contributed by atoms with van der Waals surface area (Å²) in [6, 6.07) is 6.31. The summed E-state index contributed by atoms with van der Waals surface area (Å²) in [6.07, 6.45) is 0.827. The molecule has 0 spiro atoms. The first-order valence-electron chi connectivity index (χ1n) is 15.1. The van der Waals surface area contributed by atoms with E-state index in [0.717, 1.165) is 0 Å². The van der Waals surface area contributed by atoms with Gasteiger partial charge in [0.1, 0.15) is 13.2 Å². The smallest absolute Gasteiger partial charge is 0.325 e. The summed E-state index contributed by atoms with van der Waals surface area (Å²) >= 11 is 0. The highest BCUT2D eigenvalue weighted by atomic mass is 19.1. The number of carbonyl (C=O) groups is 4. The number of nitrogens with one attached hydrogen (secondary N) is 1. The molecule has 0 bridgehead atoms. The van der Waals surface area contributed by atoms with Gasteiger partial charge in [-0.05, 0) is 49.3 Å². The first-order valence-corrected chi connectivity index (χ1v) is 15.1. The van der Waals surface area contributed by atoms with E-state index in [1.807, 2.05) is 0 Å². The highest BCUT2D eigenvalue weighted by Crippen LogP contribution is 2.69. The number of rotatable bonds is 10. The lowest BCUT2D eigenvalue weighted by atomic mass is 9.45. The zero-order valence-corrected chi connectivity index (χ0v) is 25.4. The maximum atomic E-state index is 17.2. The van der Waals surface area contributed by atoms with Crippen LogP contribution in [0.4, 0.5) is 4.39 Å². The van der Waals surface area contributed by atoms with Gasteiger partial charge in [0, 0.05) is 23.2 Å². The topological polar surface area (TPSA) is 203 Å². The standard InChI is InChI=1S/C32H37FN2O11/c1-29-9-8-21(36)12-20(29)6-7-22-23-13-24(37)32(42,30(23,2)14-25(38)31(22,29)33)26(39)17-45-28(41)15-34-27(40)11-18-4-3-5-19(10-18)16-46-35(43)44/h3-6,8-10,22-25,37-38,42H,7,11-17H2,1-2H3,(H,34,40)/t22-,23-,24+,25-,29-,30-,31-,32-/m0/s1. The summed E-state index contributed by atoms with van der Waals surface area (Å²) in [7, 11) is 0. The average molecular weight is 645 g/mol. The molecule has 1 aromatic rings. The Kier molecular flexibility index (Phi) is 8.68. The number of amides is 1. The fraction of sp³-hybridized carbons (Fsp3) is 0.562. The summed E-state index contributed by atoms with van der Waals surface area (Å²) in [6.45, 7) is 1.32. The van der Waals surface area contributed by atoms with Gasteiger partial charge in [-0.2, -0.15) is 0 Å². The quantitative estimate of drug-likeness (QED) is 0.124. The molecular formula is C32H37FN2O11. The van der Waals surface area contributed by atoms with E-state index in [4.69, 9.17) is 4.74 Å². The number of benzene rings is 1. The van der Waals surface area contributed by atoms with Crippen LogP contribution in [0.25, 0.3) is 0 Å². The number of ether oxygens (including phenoxy) is 1. The molecule has 0 heterocycles. The molecule has 1 amide bonds. The lowest BCUT2D eigenvalue weighted by Gasteiger charge is -2.61. The van der Waals surface area contributed by atoms with Gasteiger partial charge >= 0.3 is 5.97 Å². The van der Waals surface area contributed by atoms with E-state index >= 15 is 4.39 Å². The Morgan fingerprint density at radius 1 is 1.15 bits per heavy atom. The van der Waals surface area contributed by atoms with E-state index < -0.39 is 82.0 Å². The Balaban J connectivity index is 1.21. The van der Waals surface area contributed by atoms with Crippen molar-refractivity contribution in [2.24, 2.45) is 22.7 Å². The van der Waals surface area contributed by atoms with Gasteiger partial charge in [0.25, 0.3) is 5.09 Å². The predicted octanol–water partition coefficient (Wildman–Crippen LogP) is 1.24. The SMILES string of the molecule is C[C@]12C=CC(=O)CC1=CC[C@H]1[C@@H]3C[C@@H](O)[C@](O)(C(=O)COC(=O)CNC(=O)Cc4cccc(CO[N+](=O)[O-])c4)[C@@]3(C)C[C@H](O)[C@@]12F. The second kappa shape index (κ2) is 12.0. The summed E-state index contributed by atoms with van der Waals surface area (Å²) < 4.78 is 22.3. The Morgan fingerprint density at radius 2 is 1.87 bits per heavy atom. The number of halogens is 1. The minimum Gasteiger partial charge on any atom is -0.456 e. The molecule has 13 nitrogen and oxygen atoms in total. The maximum absolute atomic E-state index is 17.2. The molecule has 0 aromatic heterocycles. The van der Waals surface area contributed by atoms with Crippen molar-refractivity contribution in [3.8, 4) is 0 Å². The minimum absolute atomic E-state index is 0.0333. The molecule has 46 heavy (non-hydrogen) atoms. The van der Waals surface area contributed by atoms with Gasteiger partial charge in [-0.1, -0.05) is 48.9 Å². The van der Waals surface area contributed by atoms with Crippen LogP contribution in [-0.2, 0) is 41.8 Å². The normalized spacial score (nSPS) is 36.0. The molecule has 8 atom stereocenters. The van der Waals surface area contributed by atoms with Crippen LogP contribution in [0, 0.1) is 32.8 Å². The Morgan fingerprint density at radius 3 is 2.59 bits per heavy atom. The molecule has 4 aliphatic carbocycles. The Bertz CT molecular complexity index is 1530. The second-order valence-electron chi connectivity index (χ2n) is 13.1. The third-order valence-corrected chi connectivity index (χ3v) is 10.7. The average Bonchev–Trinajstić information content (AvgIpc) is 3.20. The number of aliphatic hydroxyl groups is 3. The number of aliphatic hydroxyl groups excluding tert-OH is 2. The molecule has 2 saturated carbocycles. The fourth-order valence-electron chi connectivity index (χ4n) is 8.32. The molecule has 2 fully saturated rings. The third kappa shape index (κ3) is 5.31. The van der Waals surface area contributed by atoms with Crippen LogP contribution in [0.3, 0.4) is 0 Å².